The van der Waals surface area contributed by atoms with E-state index < -0.39 is 28.2 Å². The molecule has 2 unspecified atom stereocenters. The lowest BCUT2D eigenvalue weighted by molar-refractivity contribution is -0.186. The maximum atomic E-state index is 12.0. The predicted octanol–water partition coefficient (Wildman–Crippen LogP) is 4.35. The second-order valence-corrected chi connectivity index (χ2v) is 6.88. The first kappa shape index (κ1) is 19.7. The number of rotatable bonds is 8. The van der Waals surface area contributed by atoms with Gasteiger partial charge in [0, 0.05) is 0 Å². The highest BCUT2D eigenvalue weighted by Crippen LogP contribution is 2.56. The number of unbranched alkanes of at least 4 members (excludes halogenated alkanes) is 1. The van der Waals surface area contributed by atoms with Gasteiger partial charge in [0.2, 0.25) is 0 Å². The van der Waals surface area contributed by atoms with E-state index in [2.05, 4.69) is 0 Å². The summed E-state index contributed by atoms with van der Waals surface area (Å²) < 4.78 is 0. The quantitative estimate of drug-likeness (QED) is 0.516. The van der Waals surface area contributed by atoms with Crippen LogP contribution in [0.15, 0.2) is 12.2 Å². The van der Waals surface area contributed by atoms with Crippen LogP contribution in [-0.2, 0) is 9.59 Å². The predicted molar refractivity (Wildman–Crippen MR) is 84.2 cm³/mol. The molecule has 0 amide bonds. The summed E-state index contributed by atoms with van der Waals surface area (Å²) in [5, 5.41) is 19.7. The molecule has 21 heavy (non-hydrogen) atoms. The lowest BCUT2D eigenvalue weighted by atomic mass is 9.50. The third-order valence-electron chi connectivity index (χ3n) is 5.11. The van der Waals surface area contributed by atoms with Gasteiger partial charge in [-0.3, -0.25) is 9.59 Å². The summed E-state index contributed by atoms with van der Waals surface area (Å²) in [4.78, 5) is 24.0. The van der Waals surface area contributed by atoms with E-state index in [4.69, 9.17) is 0 Å². The molecule has 2 N–H and O–H groups in total. The van der Waals surface area contributed by atoms with Crippen molar-refractivity contribution in [3.8, 4) is 0 Å². The van der Waals surface area contributed by atoms with Gasteiger partial charge in [0.15, 0.2) is 0 Å². The molecule has 4 heteroatoms. The lowest BCUT2D eigenvalue weighted by Crippen LogP contribution is -2.57. The van der Waals surface area contributed by atoms with E-state index in [1.54, 1.807) is 34.6 Å². The molecule has 0 heterocycles. The molecule has 4 nitrogen and oxygen atoms in total. The van der Waals surface area contributed by atoms with Gasteiger partial charge >= 0.3 is 11.9 Å². The van der Waals surface area contributed by atoms with Crippen molar-refractivity contribution in [1.82, 2.24) is 0 Å². The highest BCUT2D eigenvalue weighted by molar-refractivity contribution is 5.87. The van der Waals surface area contributed by atoms with Crippen LogP contribution in [0, 0.1) is 16.2 Å². The standard InChI is InChI=1S/C17H30O4/c1-7-9-10-11-12-17(8-2,14(20)21)16(6,13(18)19)15(3,4)5/h7,9H,8,10-12H2,1-6H3,(H,18,19)(H,20,21). The second kappa shape index (κ2) is 7.10. The van der Waals surface area contributed by atoms with Gasteiger partial charge in [0.1, 0.15) is 0 Å². The molecule has 0 radical (unpaired) electrons. The minimum absolute atomic E-state index is 0.304. The summed E-state index contributed by atoms with van der Waals surface area (Å²) in [7, 11) is 0. The van der Waals surface area contributed by atoms with Crippen molar-refractivity contribution in [3.63, 3.8) is 0 Å². The van der Waals surface area contributed by atoms with Crippen LogP contribution in [0.5, 0.6) is 0 Å². The fourth-order valence-corrected chi connectivity index (χ4v) is 3.18. The zero-order valence-corrected chi connectivity index (χ0v) is 14.2. The Kier molecular flexibility index (Phi) is 6.65. The summed E-state index contributed by atoms with van der Waals surface area (Å²) >= 11 is 0. The van der Waals surface area contributed by atoms with E-state index >= 15 is 0 Å². The molecular formula is C17H30O4. The van der Waals surface area contributed by atoms with E-state index in [1.807, 2.05) is 19.1 Å². The molecule has 0 aliphatic heterocycles. The van der Waals surface area contributed by atoms with Crippen LogP contribution in [0.4, 0.5) is 0 Å². The number of hydrogen-bond acceptors (Lipinski definition) is 2. The molecule has 122 valence electrons. The number of hydrogen-bond donors (Lipinski definition) is 2. The van der Waals surface area contributed by atoms with Crippen molar-refractivity contribution in [3.05, 3.63) is 12.2 Å². The number of allylic oxidation sites excluding steroid dienone is 2. The van der Waals surface area contributed by atoms with Crippen molar-refractivity contribution < 1.29 is 19.8 Å². The highest BCUT2D eigenvalue weighted by atomic mass is 16.4. The molecule has 0 aliphatic carbocycles. The van der Waals surface area contributed by atoms with Crippen LogP contribution < -0.4 is 0 Å². The third kappa shape index (κ3) is 3.47. The smallest absolute Gasteiger partial charge is 0.311 e. The first-order valence-corrected chi connectivity index (χ1v) is 7.59. The summed E-state index contributed by atoms with van der Waals surface area (Å²) in [5.41, 5.74) is -3.26. The third-order valence-corrected chi connectivity index (χ3v) is 5.11. The summed E-state index contributed by atoms with van der Waals surface area (Å²) in [6.07, 6.45) is 6.02. The molecule has 0 bridgehead atoms. The maximum Gasteiger partial charge on any atom is 0.311 e. The van der Waals surface area contributed by atoms with Gasteiger partial charge in [-0.05, 0) is 44.9 Å². The monoisotopic (exact) mass is 298 g/mol. The Morgan fingerprint density at radius 3 is 1.86 bits per heavy atom. The first-order valence-electron chi connectivity index (χ1n) is 7.59. The van der Waals surface area contributed by atoms with Gasteiger partial charge in [-0.1, -0.05) is 39.8 Å². The van der Waals surface area contributed by atoms with Crippen LogP contribution in [0.2, 0.25) is 0 Å². The SMILES string of the molecule is CC=CCCCC(CC)(C(=O)O)C(C)(C(=O)O)C(C)(C)C. The fourth-order valence-electron chi connectivity index (χ4n) is 3.18. The van der Waals surface area contributed by atoms with Gasteiger partial charge in [0.25, 0.3) is 0 Å². The molecule has 0 aromatic heterocycles. The average molecular weight is 298 g/mol. The van der Waals surface area contributed by atoms with E-state index in [0.717, 1.165) is 6.42 Å². The number of carbonyl (C=O) groups is 2. The number of carboxylic acid groups (broad SMARTS) is 2. The molecule has 0 fully saturated rings. The van der Waals surface area contributed by atoms with Crippen molar-refractivity contribution in [2.45, 2.75) is 67.2 Å². The zero-order chi connectivity index (χ0) is 16.9. The molecule has 0 rings (SSSR count). The largest absolute Gasteiger partial charge is 0.481 e. The Hall–Kier alpha value is -1.32. The van der Waals surface area contributed by atoms with Crippen molar-refractivity contribution >= 4 is 11.9 Å². The molecule has 2 atom stereocenters. The Balaban J connectivity index is 5.86. The molecule has 0 saturated heterocycles. The van der Waals surface area contributed by atoms with Gasteiger partial charge in [-0.15, -0.1) is 0 Å². The van der Waals surface area contributed by atoms with E-state index in [0.29, 0.717) is 19.3 Å². The van der Waals surface area contributed by atoms with E-state index in [1.165, 1.54) is 0 Å². The Bertz CT molecular complexity index is 406. The maximum absolute atomic E-state index is 12.0. The number of aliphatic carboxylic acids is 2. The minimum atomic E-state index is -1.34. The summed E-state index contributed by atoms with van der Waals surface area (Å²) in [5.74, 6) is -2.05. The average Bonchev–Trinajstić information content (AvgIpc) is 2.36. The van der Waals surface area contributed by atoms with Gasteiger partial charge in [0.05, 0.1) is 10.8 Å². The number of carboxylic acids is 2. The summed E-state index contributed by atoms with van der Waals surface area (Å²) in [6, 6.07) is 0. The van der Waals surface area contributed by atoms with Crippen molar-refractivity contribution in [1.29, 1.82) is 0 Å². The molecule has 0 aromatic rings. The van der Waals surface area contributed by atoms with Crippen LogP contribution in [0.3, 0.4) is 0 Å². The Morgan fingerprint density at radius 1 is 1.05 bits per heavy atom. The van der Waals surface area contributed by atoms with Crippen LogP contribution in [-0.4, -0.2) is 22.2 Å². The van der Waals surface area contributed by atoms with Gasteiger partial charge in [-0.25, -0.2) is 0 Å². The fraction of sp³-hybridized carbons (Fsp3) is 0.765. The van der Waals surface area contributed by atoms with Gasteiger partial charge in [-0.2, -0.15) is 0 Å². The van der Waals surface area contributed by atoms with Crippen LogP contribution in [0.25, 0.3) is 0 Å². The van der Waals surface area contributed by atoms with Crippen molar-refractivity contribution in [2.75, 3.05) is 0 Å². The molecule has 0 spiro atoms. The Labute approximate surface area is 128 Å². The highest BCUT2D eigenvalue weighted by Gasteiger charge is 2.62. The zero-order valence-electron chi connectivity index (χ0n) is 14.2. The van der Waals surface area contributed by atoms with Crippen LogP contribution >= 0.6 is 0 Å². The molecule has 0 aliphatic rings. The van der Waals surface area contributed by atoms with Gasteiger partial charge < -0.3 is 10.2 Å². The molecular weight excluding hydrogens is 268 g/mol. The lowest BCUT2D eigenvalue weighted by Gasteiger charge is -2.50. The van der Waals surface area contributed by atoms with Crippen molar-refractivity contribution in [2.24, 2.45) is 16.2 Å². The topological polar surface area (TPSA) is 74.6 Å². The van der Waals surface area contributed by atoms with Crippen LogP contribution in [0.1, 0.15) is 67.2 Å². The van der Waals surface area contributed by atoms with E-state index in [-0.39, 0.29) is 0 Å². The Morgan fingerprint density at radius 2 is 1.57 bits per heavy atom. The summed E-state index contributed by atoms with van der Waals surface area (Å²) in [6.45, 7) is 10.7. The normalized spacial score (nSPS) is 18.2. The minimum Gasteiger partial charge on any atom is -0.481 e. The first-order chi connectivity index (χ1) is 9.51. The molecule has 0 aromatic carbocycles. The molecule has 0 saturated carbocycles. The second-order valence-electron chi connectivity index (χ2n) is 6.88. The van der Waals surface area contributed by atoms with E-state index in [9.17, 15) is 19.8 Å².